The van der Waals surface area contributed by atoms with Crippen LogP contribution in [0.15, 0.2) is 0 Å². The van der Waals surface area contributed by atoms with Crippen molar-refractivity contribution in [3.63, 3.8) is 0 Å². The molecule has 0 aromatic carbocycles. The van der Waals surface area contributed by atoms with Crippen LogP contribution in [0.1, 0.15) is 229 Å². The lowest BCUT2D eigenvalue weighted by Crippen LogP contribution is -2.72. The molecule has 7 rings (SSSR count). The van der Waals surface area contributed by atoms with Gasteiger partial charge in [0.25, 0.3) is 0 Å². The van der Waals surface area contributed by atoms with Gasteiger partial charge in [-0.3, -0.25) is 0 Å². The second-order valence-electron chi connectivity index (χ2n) is 30.7. The molecule has 0 amide bonds. The summed E-state index contributed by atoms with van der Waals surface area (Å²) in [6.07, 6.45) is 4.82. The Morgan fingerprint density at radius 1 is 0.333 bits per heavy atom. The summed E-state index contributed by atoms with van der Waals surface area (Å²) in [5.41, 5.74) is -9.61. The maximum atomic E-state index is 14.8. The molecule has 0 bridgehead atoms. The third-order valence-electron chi connectivity index (χ3n) is 18.1. The van der Waals surface area contributed by atoms with Crippen LogP contribution in [0.4, 0.5) is 11.9 Å². The predicted molar refractivity (Wildman–Crippen MR) is 273 cm³/mol. The maximum Gasteiger partial charge on any atom is 0.323 e. The van der Waals surface area contributed by atoms with Gasteiger partial charge in [-0.25, -0.2) is 0 Å². The zero-order valence-corrected chi connectivity index (χ0v) is 48.6. The van der Waals surface area contributed by atoms with Gasteiger partial charge in [-0.1, -0.05) is 0 Å². The molecule has 6 radical (unpaired) electrons. The highest BCUT2D eigenvalue weighted by Gasteiger charge is 2.62. The molecule has 0 N–H and O–H groups in total. The van der Waals surface area contributed by atoms with Crippen LogP contribution in [0.25, 0.3) is 0 Å². The first-order valence-corrected chi connectivity index (χ1v) is 27.1. The molecule has 6 aliphatic heterocycles. The zero-order chi connectivity index (χ0) is 54.6. The molecule has 72 heavy (non-hydrogen) atoms. The Labute approximate surface area is 433 Å². The number of hydrogen-bond donors (Lipinski definition) is 0. The van der Waals surface area contributed by atoms with Gasteiger partial charge in [0.15, 0.2) is 0 Å². The van der Waals surface area contributed by atoms with Crippen LogP contribution in [0.2, 0.25) is 0 Å². The van der Waals surface area contributed by atoms with Crippen LogP contribution in [-0.4, -0.2) is 142 Å². The van der Waals surface area contributed by atoms with Gasteiger partial charge in [-0.2, -0.15) is 15.0 Å². The lowest BCUT2D eigenvalue weighted by Gasteiger charge is -2.61. The summed E-state index contributed by atoms with van der Waals surface area (Å²) in [6, 6.07) is -0.895. The van der Waals surface area contributed by atoms with Crippen LogP contribution >= 0.6 is 0 Å². The third-order valence-corrected chi connectivity index (χ3v) is 18.1. The number of nitrogens with zero attached hydrogens (tertiary/aromatic N) is 11. The SMILES string of the molecule is CC1(C)CC(N(c2nc(OC3CC(C)(C)N([O])C4(C3)CC(C)(C)N([O])C(C)(C)C4)nc(N(C3CC(C)(C)N([O])C(C)(C)C3)C3CC(C)(C)N([O])C(C)(C)C3)n2)C2CC(C)(C)N([O])C(C)(C)C2)CC(C)(C)N1[O]. The van der Waals surface area contributed by atoms with Crippen molar-refractivity contribution in [3.05, 3.63) is 0 Å². The fourth-order valence-electron chi connectivity index (χ4n) is 16.5. The molecule has 1 atom stereocenters. The molecule has 18 heteroatoms. The monoisotopic (exact) mass is 1010 g/mol. The Hall–Kier alpha value is -2.07. The van der Waals surface area contributed by atoms with E-state index >= 15 is 0 Å². The fraction of sp³-hybridized carbons (Fsp3) is 0.944. The largest absolute Gasteiger partial charge is 0.460 e. The first-order chi connectivity index (χ1) is 32.2. The first kappa shape index (κ1) is 57.6. The van der Waals surface area contributed by atoms with Crippen molar-refractivity contribution >= 4 is 11.9 Å². The Morgan fingerprint density at radius 3 is 0.833 bits per heavy atom. The average Bonchev–Trinajstić information content (AvgIpc) is 3.17. The van der Waals surface area contributed by atoms with Gasteiger partial charge in [0.05, 0.1) is 5.54 Å². The van der Waals surface area contributed by atoms with E-state index in [0.29, 0.717) is 88.9 Å². The molecule has 408 valence electrons. The van der Waals surface area contributed by atoms with Crippen molar-refractivity contribution in [2.24, 2.45) is 0 Å². The normalized spacial score (nSPS) is 31.9. The standard InChI is InChI=1S/C54H95N11O7/c1-43(2)23-35(24-44(3,4)60(43)66)58(36-25-45(5,6)61(67)46(7,8)26-36)40-55-41(59(37-27-47(9,10)62(68)48(11,12)28-37)38-29-49(13,14)63(69)50(15,16)30-38)57-42(56-40)72-39-31-51(17,18)65(71)54(32-39)33-52(19,20)64(70)53(21,22)34-54/h35-39H,23-34H2,1-22H3. The van der Waals surface area contributed by atoms with Crippen molar-refractivity contribution in [2.75, 3.05) is 9.80 Å². The highest BCUT2D eigenvalue weighted by molar-refractivity contribution is 5.46. The highest BCUT2D eigenvalue weighted by atomic mass is 16.5. The van der Waals surface area contributed by atoms with E-state index in [9.17, 15) is 31.2 Å². The van der Waals surface area contributed by atoms with E-state index in [1.807, 2.05) is 152 Å². The van der Waals surface area contributed by atoms with Crippen LogP contribution < -0.4 is 14.5 Å². The van der Waals surface area contributed by atoms with Crippen molar-refractivity contribution in [1.82, 2.24) is 45.3 Å². The number of aromatic nitrogens is 3. The van der Waals surface area contributed by atoms with Crippen LogP contribution in [0, 0.1) is 0 Å². The number of ether oxygens (including phenoxy) is 1. The van der Waals surface area contributed by atoms with Crippen molar-refractivity contribution in [2.45, 2.75) is 326 Å². The molecule has 1 aromatic heterocycles. The van der Waals surface area contributed by atoms with Crippen LogP contribution in [0.5, 0.6) is 6.01 Å². The zero-order valence-electron chi connectivity index (χ0n) is 48.6. The molecule has 0 saturated carbocycles. The summed E-state index contributed by atoms with van der Waals surface area (Å²) >= 11 is 0. The highest BCUT2D eigenvalue weighted by Crippen LogP contribution is 2.54. The molecule has 1 spiro atoms. The van der Waals surface area contributed by atoms with Gasteiger partial charge in [0.1, 0.15) is 6.10 Å². The summed E-state index contributed by atoms with van der Waals surface area (Å²) in [7, 11) is 0. The van der Waals surface area contributed by atoms with E-state index < -0.39 is 72.6 Å². The first-order valence-electron chi connectivity index (χ1n) is 27.1. The van der Waals surface area contributed by atoms with E-state index in [1.165, 1.54) is 25.3 Å². The number of hydroxylamine groups is 12. The van der Waals surface area contributed by atoms with E-state index in [0.717, 1.165) is 5.06 Å². The predicted octanol–water partition coefficient (Wildman–Crippen LogP) is 9.66. The molecule has 6 aliphatic rings. The van der Waals surface area contributed by atoms with Crippen LogP contribution in [0.3, 0.4) is 0 Å². The molecule has 1 aromatic rings. The van der Waals surface area contributed by atoms with Crippen molar-refractivity contribution in [3.8, 4) is 6.01 Å². The quantitative estimate of drug-likeness (QED) is 0.240. The van der Waals surface area contributed by atoms with Gasteiger partial charge in [0.2, 0.25) is 11.9 Å². The minimum Gasteiger partial charge on any atom is -0.460 e. The topological polar surface area (TPSA) is 193 Å². The van der Waals surface area contributed by atoms with Crippen LogP contribution in [-0.2, 0) is 31.2 Å². The summed E-state index contributed by atoms with van der Waals surface area (Å²) in [4.78, 5) is 21.0. The number of piperidine rings is 6. The van der Waals surface area contributed by atoms with E-state index in [2.05, 4.69) is 9.80 Å². The maximum absolute atomic E-state index is 14.8. The average molecular weight is 1010 g/mol. The molecule has 6 saturated heterocycles. The second-order valence-corrected chi connectivity index (χ2v) is 30.7. The third kappa shape index (κ3) is 10.3. The smallest absolute Gasteiger partial charge is 0.323 e. The van der Waals surface area contributed by atoms with E-state index in [-0.39, 0.29) is 30.2 Å². The van der Waals surface area contributed by atoms with Crippen molar-refractivity contribution in [1.29, 1.82) is 0 Å². The lowest BCUT2D eigenvalue weighted by molar-refractivity contribution is -0.364. The van der Waals surface area contributed by atoms with E-state index in [1.54, 1.807) is 0 Å². The van der Waals surface area contributed by atoms with Crippen molar-refractivity contribution < 1.29 is 36.0 Å². The molecule has 7 heterocycles. The minimum atomic E-state index is -0.934. The second kappa shape index (κ2) is 17.7. The molecule has 0 aliphatic carbocycles. The molecule has 1 unspecified atom stereocenters. The fourth-order valence-corrected chi connectivity index (χ4v) is 16.5. The number of anilines is 2. The Balaban J connectivity index is 1.48. The Morgan fingerprint density at radius 2 is 0.569 bits per heavy atom. The molecule has 18 nitrogen and oxygen atoms in total. The molecule has 6 fully saturated rings. The van der Waals surface area contributed by atoms with E-state index in [4.69, 9.17) is 19.7 Å². The van der Waals surface area contributed by atoms with Gasteiger partial charge in [-0.05, 0) is 217 Å². The van der Waals surface area contributed by atoms with Gasteiger partial charge in [0, 0.05) is 97.9 Å². The van der Waals surface area contributed by atoms with Gasteiger partial charge < -0.3 is 14.5 Å². The summed E-state index contributed by atoms with van der Waals surface area (Å²) in [5.74, 6) is 0.757. The number of hydrogen-bond acceptors (Lipinski definition) is 12. The lowest BCUT2D eigenvalue weighted by atomic mass is 9.64. The summed E-state index contributed by atoms with van der Waals surface area (Å²) in [5, 5.41) is 92.4. The Kier molecular flexibility index (Phi) is 14.2. The molecular weight excluding hydrogens is 915 g/mol. The molecular formula is C54H95N11O7. The number of rotatable bonds is 8. The summed E-state index contributed by atoms with van der Waals surface area (Å²) < 4.78 is 7.25. The van der Waals surface area contributed by atoms with Gasteiger partial charge in [-0.15, -0.1) is 61.6 Å². The van der Waals surface area contributed by atoms with Gasteiger partial charge >= 0.3 is 6.01 Å². The Bertz CT molecular complexity index is 1880. The minimum absolute atomic E-state index is 0.0965. The summed E-state index contributed by atoms with van der Waals surface area (Å²) in [6.45, 7) is 43.5.